The van der Waals surface area contributed by atoms with E-state index < -0.39 is 12.0 Å². The first kappa shape index (κ1) is 20.8. The fourth-order valence-corrected chi connectivity index (χ4v) is 3.44. The van der Waals surface area contributed by atoms with Crippen LogP contribution in [0.5, 0.6) is 0 Å². The Balaban J connectivity index is 1.81. The lowest BCUT2D eigenvalue weighted by Crippen LogP contribution is -2.20. The molecule has 0 aliphatic carbocycles. The number of carboxylic acids is 1. The van der Waals surface area contributed by atoms with Gasteiger partial charge in [-0.2, -0.15) is 10.1 Å². The Morgan fingerprint density at radius 3 is 2.76 bits per heavy atom. The molecule has 3 rings (SSSR count). The van der Waals surface area contributed by atoms with Crippen molar-refractivity contribution >= 4 is 28.6 Å². The maximum absolute atomic E-state index is 11.4. The van der Waals surface area contributed by atoms with Crippen LogP contribution in [0.3, 0.4) is 0 Å². The molecule has 3 aromatic rings. The van der Waals surface area contributed by atoms with Crippen molar-refractivity contribution in [3.63, 3.8) is 0 Å². The number of aliphatic carboxylic acids is 1. The highest BCUT2D eigenvalue weighted by Gasteiger charge is 2.20. The van der Waals surface area contributed by atoms with E-state index in [-0.39, 0.29) is 13.0 Å². The van der Waals surface area contributed by atoms with Gasteiger partial charge in [-0.25, -0.2) is 9.78 Å². The molecular formula is C20H28N6O3. The maximum atomic E-state index is 11.4. The lowest BCUT2D eigenvalue weighted by molar-refractivity contribution is -0.141. The van der Waals surface area contributed by atoms with Gasteiger partial charge < -0.3 is 20.1 Å². The minimum Gasteiger partial charge on any atom is -0.480 e. The zero-order valence-electron chi connectivity index (χ0n) is 17.0. The quantitative estimate of drug-likeness (QED) is 0.478. The number of carboxylic acid groups (broad SMARTS) is 1. The Kier molecular flexibility index (Phi) is 6.48. The number of nitrogens with zero attached hydrogens (tertiary/aromatic N) is 5. The van der Waals surface area contributed by atoms with E-state index in [1.54, 1.807) is 12.4 Å². The summed E-state index contributed by atoms with van der Waals surface area (Å²) in [7, 11) is 0. The van der Waals surface area contributed by atoms with E-state index in [2.05, 4.69) is 45.7 Å². The van der Waals surface area contributed by atoms with Crippen LogP contribution in [0.2, 0.25) is 0 Å². The van der Waals surface area contributed by atoms with E-state index in [0.29, 0.717) is 23.5 Å². The molecule has 29 heavy (non-hydrogen) atoms. The molecule has 0 aliphatic heterocycles. The molecule has 0 amide bonds. The molecule has 3 heterocycles. The largest absolute Gasteiger partial charge is 0.480 e. The van der Waals surface area contributed by atoms with E-state index in [4.69, 9.17) is 5.11 Å². The van der Waals surface area contributed by atoms with Gasteiger partial charge in [0.05, 0.1) is 11.9 Å². The Bertz CT molecular complexity index is 964. The topological polar surface area (TPSA) is 118 Å². The van der Waals surface area contributed by atoms with Crippen LogP contribution in [-0.2, 0) is 11.3 Å². The second-order valence-electron chi connectivity index (χ2n) is 7.55. The summed E-state index contributed by atoms with van der Waals surface area (Å²) in [5, 5.41) is 26.5. The first-order chi connectivity index (χ1) is 13.9. The molecule has 0 saturated heterocycles. The molecule has 0 unspecified atom stereocenters. The van der Waals surface area contributed by atoms with E-state index in [1.165, 1.54) is 10.9 Å². The van der Waals surface area contributed by atoms with Gasteiger partial charge >= 0.3 is 5.97 Å². The van der Waals surface area contributed by atoms with E-state index in [0.717, 1.165) is 24.0 Å². The van der Waals surface area contributed by atoms with Gasteiger partial charge in [-0.15, -0.1) is 0 Å². The fourth-order valence-electron chi connectivity index (χ4n) is 3.44. The SMILES string of the molecule is CC[C@H](Cn1ccc2cnc(Nc3cnn([C@@H](CCO)C(=O)O)c3)nc21)C(C)C. The number of fused-ring (bicyclic) bond motifs is 1. The van der Waals surface area contributed by atoms with Crippen LogP contribution in [0.25, 0.3) is 11.0 Å². The van der Waals surface area contributed by atoms with Gasteiger partial charge in [-0.1, -0.05) is 27.2 Å². The number of carbonyl (C=O) groups is 1. The number of aliphatic hydroxyl groups is 1. The van der Waals surface area contributed by atoms with Crippen molar-refractivity contribution < 1.29 is 15.0 Å². The van der Waals surface area contributed by atoms with Crippen LogP contribution in [0, 0.1) is 11.8 Å². The van der Waals surface area contributed by atoms with Gasteiger partial charge in [0.25, 0.3) is 0 Å². The van der Waals surface area contributed by atoms with Gasteiger partial charge in [0, 0.05) is 43.5 Å². The van der Waals surface area contributed by atoms with E-state index in [9.17, 15) is 9.90 Å². The number of aliphatic hydroxyl groups excluding tert-OH is 1. The Morgan fingerprint density at radius 2 is 2.10 bits per heavy atom. The summed E-state index contributed by atoms with van der Waals surface area (Å²) in [6.07, 6.45) is 8.09. The number of nitrogens with one attached hydrogen (secondary N) is 1. The number of aromatic nitrogens is 5. The van der Waals surface area contributed by atoms with Crippen LogP contribution < -0.4 is 5.32 Å². The van der Waals surface area contributed by atoms with Crippen LogP contribution in [0.15, 0.2) is 30.9 Å². The third-order valence-electron chi connectivity index (χ3n) is 5.26. The molecule has 0 aromatic carbocycles. The van der Waals surface area contributed by atoms with Crippen molar-refractivity contribution in [2.75, 3.05) is 11.9 Å². The number of hydrogen-bond acceptors (Lipinski definition) is 6. The van der Waals surface area contributed by atoms with Crippen molar-refractivity contribution in [2.24, 2.45) is 11.8 Å². The third-order valence-corrected chi connectivity index (χ3v) is 5.26. The van der Waals surface area contributed by atoms with Crippen LogP contribution >= 0.6 is 0 Å². The molecule has 0 aliphatic rings. The van der Waals surface area contributed by atoms with E-state index in [1.807, 2.05) is 12.3 Å². The van der Waals surface area contributed by atoms with Crippen LogP contribution in [0.1, 0.15) is 39.7 Å². The average molecular weight is 400 g/mol. The second kappa shape index (κ2) is 9.04. The monoisotopic (exact) mass is 400 g/mol. The van der Waals surface area contributed by atoms with Crippen LogP contribution in [0.4, 0.5) is 11.6 Å². The smallest absolute Gasteiger partial charge is 0.328 e. The highest BCUT2D eigenvalue weighted by molar-refractivity contribution is 5.76. The Morgan fingerprint density at radius 1 is 1.31 bits per heavy atom. The van der Waals surface area contributed by atoms with Crippen LogP contribution in [-0.4, -0.2) is 47.1 Å². The standard InChI is InChI=1S/C20H28N6O3/c1-4-14(13(2)3)11-25-7-5-15-9-21-20(24-18(15)25)23-16-10-22-26(12-16)17(6-8-27)19(28)29/h5,7,9-10,12-14,17,27H,4,6,8,11H2,1-3H3,(H,28,29)(H,21,23,24)/t14-,17+/m1/s1. The average Bonchev–Trinajstić information content (AvgIpc) is 3.30. The predicted octanol–water partition coefficient (Wildman–Crippen LogP) is 3.06. The molecule has 9 heteroatoms. The van der Waals surface area contributed by atoms with E-state index >= 15 is 0 Å². The summed E-state index contributed by atoms with van der Waals surface area (Å²) in [4.78, 5) is 20.3. The van der Waals surface area contributed by atoms with Crippen molar-refractivity contribution in [1.29, 1.82) is 0 Å². The number of hydrogen-bond donors (Lipinski definition) is 3. The minimum absolute atomic E-state index is 0.0842. The van der Waals surface area contributed by atoms with Crippen molar-refractivity contribution in [2.45, 2.75) is 46.2 Å². The lowest BCUT2D eigenvalue weighted by atomic mass is 9.93. The summed E-state index contributed by atoms with van der Waals surface area (Å²) in [6.45, 7) is 7.34. The molecular weight excluding hydrogens is 372 g/mol. The van der Waals surface area contributed by atoms with Gasteiger partial charge in [0.15, 0.2) is 6.04 Å². The molecule has 0 fully saturated rings. The molecule has 2 atom stereocenters. The molecule has 3 aromatic heterocycles. The number of anilines is 2. The lowest BCUT2D eigenvalue weighted by Gasteiger charge is -2.20. The zero-order chi connectivity index (χ0) is 21.0. The van der Waals surface area contributed by atoms with Crippen molar-refractivity contribution in [3.8, 4) is 0 Å². The molecule has 0 bridgehead atoms. The highest BCUT2D eigenvalue weighted by Crippen LogP contribution is 2.23. The first-order valence-corrected chi connectivity index (χ1v) is 9.89. The normalized spacial score (nSPS) is 13.7. The minimum atomic E-state index is -1.04. The van der Waals surface area contributed by atoms with Crippen molar-refractivity contribution in [3.05, 3.63) is 30.9 Å². The summed E-state index contributed by atoms with van der Waals surface area (Å²) in [5.74, 6) is 0.530. The van der Waals surface area contributed by atoms with Gasteiger partial charge in [0.1, 0.15) is 5.65 Å². The number of rotatable bonds is 10. The second-order valence-corrected chi connectivity index (χ2v) is 7.55. The first-order valence-electron chi connectivity index (χ1n) is 9.89. The summed E-state index contributed by atoms with van der Waals surface area (Å²) >= 11 is 0. The maximum Gasteiger partial charge on any atom is 0.328 e. The summed E-state index contributed by atoms with van der Waals surface area (Å²) in [6, 6.07) is 1.09. The third kappa shape index (κ3) is 4.73. The predicted molar refractivity (Wildman–Crippen MR) is 110 cm³/mol. The molecule has 0 spiro atoms. The highest BCUT2D eigenvalue weighted by atomic mass is 16.4. The van der Waals surface area contributed by atoms with Gasteiger partial charge in [-0.05, 0) is 17.9 Å². The summed E-state index contributed by atoms with van der Waals surface area (Å²) < 4.78 is 3.47. The Labute approximate surface area is 169 Å². The Hall–Kier alpha value is -2.94. The molecule has 0 radical (unpaired) electrons. The van der Waals surface area contributed by atoms with Gasteiger partial charge in [-0.3, -0.25) is 4.68 Å². The molecule has 3 N–H and O–H groups in total. The fraction of sp³-hybridized carbons (Fsp3) is 0.500. The van der Waals surface area contributed by atoms with Gasteiger partial charge in [0.2, 0.25) is 5.95 Å². The van der Waals surface area contributed by atoms with Crippen molar-refractivity contribution in [1.82, 2.24) is 24.3 Å². The molecule has 0 saturated carbocycles. The molecule has 156 valence electrons. The summed E-state index contributed by atoms with van der Waals surface area (Å²) in [5.41, 5.74) is 1.44. The molecule has 9 nitrogen and oxygen atoms in total. The zero-order valence-corrected chi connectivity index (χ0v) is 17.0.